The summed E-state index contributed by atoms with van der Waals surface area (Å²) in [6.07, 6.45) is 13.0. The summed E-state index contributed by atoms with van der Waals surface area (Å²) < 4.78 is 36.8. The first-order valence-corrected chi connectivity index (χ1v) is 19.7. The molecular formula is C50H48O6. The summed E-state index contributed by atoms with van der Waals surface area (Å²) in [7, 11) is 8.50. The molecule has 2 aliphatic carbocycles. The predicted octanol–water partition coefficient (Wildman–Crippen LogP) is 11.9. The van der Waals surface area contributed by atoms with Gasteiger partial charge in [-0.1, -0.05) is 86.7 Å². The van der Waals surface area contributed by atoms with E-state index in [0.29, 0.717) is 5.75 Å². The molecule has 6 aromatic carbocycles. The molecule has 1 heterocycles. The van der Waals surface area contributed by atoms with Gasteiger partial charge in [-0.3, -0.25) is 0 Å². The van der Waals surface area contributed by atoms with Crippen LogP contribution in [0.4, 0.5) is 0 Å². The Morgan fingerprint density at radius 1 is 0.518 bits per heavy atom. The Morgan fingerprint density at radius 2 is 1.11 bits per heavy atom. The maximum atomic E-state index is 7.76. The van der Waals surface area contributed by atoms with Crippen molar-refractivity contribution in [1.82, 2.24) is 0 Å². The van der Waals surface area contributed by atoms with Crippen LogP contribution in [0.15, 0.2) is 109 Å². The second-order valence-corrected chi connectivity index (χ2v) is 15.2. The highest BCUT2D eigenvalue weighted by atomic mass is 16.5. The van der Waals surface area contributed by atoms with Crippen LogP contribution < -0.4 is 28.4 Å². The van der Waals surface area contributed by atoms with Gasteiger partial charge in [0, 0.05) is 44.7 Å². The van der Waals surface area contributed by atoms with Crippen molar-refractivity contribution in [3.05, 3.63) is 137 Å². The summed E-state index contributed by atoms with van der Waals surface area (Å²) in [5, 5.41) is 2.13. The number of rotatable bonds is 8. The quantitative estimate of drug-likeness (QED) is 0.155. The molecule has 0 atom stereocenters. The van der Waals surface area contributed by atoms with Crippen LogP contribution in [0.2, 0.25) is 0 Å². The van der Waals surface area contributed by atoms with Gasteiger partial charge in [-0.05, 0) is 95.1 Å². The van der Waals surface area contributed by atoms with E-state index in [-0.39, 0.29) is 5.41 Å². The van der Waals surface area contributed by atoms with Gasteiger partial charge in [-0.25, -0.2) is 0 Å². The van der Waals surface area contributed by atoms with Crippen molar-refractivity contribution in [2.24, 2.45) is 0 Å². The molecule has 284 valence electrons. The summed E-state index contributed by atoms with van der Waals surface area (Å²) >= 11 is 0. The lowest BCUT2D eigenvalue weighted by molar-refractivity contribution is 0.163. The zero-order valence-corrected chi connectivity index (χ0v) is 32.9. The molecule has 1 aliphatic heterocycles. The van der Waals surface area contributed by atoms with Crippen molar-refractivity contribution in [2.45, 2.75) is 56.0 Å². The molecule has 0 amide bonds. The number of methoxy groups -OCH3 is 5. The Morgan fingerprint density at radius 3 is 1.73 bits per heavy atom. The highest BCUT2D eigenvalue weighted by Gasteiger charge is 2.48. The molecule has 0 aromatic heterocycles. The SMILES string of the molecule is COc1ccc(C2(c3ccc(OC)cc3)C=Cc3c4c(c5cc(OC)c(-c6ccc(OC)cc6OC)cc5c3O2)-c2ccccc2C42CCCCCCC2)cc1. The number of hydrogen-bond acceptors (Lipinski definition) is 6. The lowest BCUT2D eigenvalue weighted by Crippen LogP contribution is -2.35. The van der Waals surface area contributed by atoms with Crippen molar-refractivity contribution in [3.8, 4) is 56.8 Å². The van der Waals surface area contributed by atoms with E-state index >= 15 is 0 Å². The monoisotopic (exact) mass is 744 g/mol. The number of ether oxygens (including phenoxy) is 6. The van der Waals surface area contributed by atoms with Crippen LogP contribution >= 0.6 is 0 Å². The van der Waals surface area contributed by atoms with Crippen LogP contribution in [0.3, 0.4) is 0 Å². The number of benzene rings is 6. The fourth-order valence-electron chi connectivity index (χ4n) is 9.78. The second kappa shape index (κ2) is 14.3. The molecule has 1 fully saturated rings. The van der Waals surface area contributed by atoms with Crippen LogP contribution in [-0.4, -0.2) is 35.5 Å². The summed E-state index contributed by atoms with van der Waals surface area (Å²) in [6, 6.07) is 36.0. The van der Waals surface area contributed by atoms with E-state index in [2.05, 4.69) is 72.8 Å². The van der Waals surface area contributed by atoms with Crippen LogP contribution in [0.1, 0.15) is 72.8 Å². The first-order valence-electron chi connectivity index (χ1n) is 19.7. The van der Waals surface area contributed by atoms with E-state index < -0.39 is 5.60 Å². The van der Waals surface area contributed by atoms with Crippen LogP contribution in [-0.2, 0) is 11.0 Å². The van der Waals surface area contributed by atoms with E-state index in [0.717, 1.165) is 80.2 Å². The third-order valence-electron chi connectivity index (χ3n) is 12.5. The van der Waals surface area contributed by atoms with Gasteiger partial charge in [0.25, 0.3) is 0 Å². The van der Waals surface area contributed by atoms with Crippen molar-refractivity contribution in [2.75, 3.05) is 35.5 Å². The zero-order valence-electron chi connectivity index (χ0n) is 32.9. The zero-order chi connectivity index (χ0) is 38.4. The van der Waals surface area contributed by atoms with Crippen molar-refractivity contribution in [3.63, 3.8) is 0 Å². The number of fused-ring (bicyclic) bond motifs is 10. The predicted molar refractivity (Wildman–Crippen MR) is 224 cm³/mol. The summed E-state index contributed by atoms with van der Waals surface area (Å²) in [5.41, 5.74) is 9.28. The van der Waals surface area contributed by atoms with E-state index in [1.165, 1.54) is 54.4 Å². The van der Waals surface area contributed by atoms with Crippen molar-refractivity contribution >= 4 is 16.8 Å². The normalized spacial score (nSPS) is 16.2. The summed E-state index contributed by atoms with van der Waals surface area (Å²) in [6.45, 7) is 0. The molecule has 1 spiro atoms. The Balaban J connectivity index is 1.39. The first kappa shape index (κ1) is 35.8. The highest BCUT2D eigenvalue weighted by Crippen LogP contribution is 2.62. The molecule has 6 heteroatoms. The topological polar surface area (TPSA) is 55.4 Å². The lowest BCUT2D eigenvalue weighted by Gasteiger charge is -2.40. The minimum Gasteiger partial charge on any atom is -0.497 e. The molecule has 56 heavy (non-hydrogen) atoms. The molecule has 9 rings (SSSR count). The molecule has 0 radical (unpaired) electrons. The fourth-order valence-corrected chi connectivity index (χ4v) is 9.78. The lowest BCUT2D eigenvalue weighted by atomic mass is 9.67. The Kier molecular flexibility index (Phi) is 9.15. The standard InChI is InChI=1S/C50H48O6/c1-51-34-19-15-32(16-20-34)50(33-17-21-35(52-2)22-18-33)28-25-39-47-46(38-13-9-10-14-43(38)49(47)26-11-7-6-8-12-27-49)41-31-45(55-5)40(30-42(41)48(39)56-50)37-24-23-36(53-3)29-44(37)54-4/h9-10,13-25,28-31H,6-8,11-12,26-27H2,1-5H3. The Labute approximate surface area is 329 Å². The van der Waals surface area contributed by atoms with Crippen molar-refractivity contribution in [1.29, 1.82) is 0 Å². The second-order valence-electron chi connectivity index (χ2n) is 15.2. The highest BCUT2D eigenvalue weighted by molar-refractivity contribution is 6.10. The summed E-state index contributed by atoms with van der Waals surface area (Å²) in [5.74, 6) is 4.62. The van der Waals surface area contributed by atoms with Gasteiger partial charge in [-0.2, -0.15) is 0 Å². The third-order valence-corrected chi connectivity index (χ3v) is 12.5. The molecule has 0 bridgehead atoms. The van der Waals surface area contributed by atoms with Gasteiger partial charge >= 0.3 is 0 Å². The van der Waals surface area contributed by atoms with Crippen LogP contribution in [0.25, 0.3) is 39.1 Å². The van der Waals surface area contributed by atoms with Crippen LogP contribution in [0.5, 0.6) is 34.5 Å². The largest absolute Gasteiger partial charge is 0.497 e. The van der Waals surface area contributed by atoms with Gasteiger partial charge in [0.15, 0.2) is 5.60 Å². The Bertz CT molecular complexity index is 2410. The maximum absolute atomic E-state index is 7.76. The molecule has 0 unspecified atom stereocenters. The average molecular weight is 745 g/mol. The van der Waals surface area contributed by atoms with Gasteiger partial charge in [-0.15, -0.1) is 0 Å². The molecule has 0 N–H and O–H groups in total. The minimum atomic E-state index is -0.954. The van der Waals surface area contributed by atoms with Gasteiger partial charge in [0.2, 0.25) is 0 Å². The van der Waals surface area contributed by atoms with E-state index in [1.807, 2.05) is 42.5 Å². The first-order chi connectivity index (χ1) is 27.5. The maximum Gasteiger partial charge on any atom is 0.178 e. The fraction of sp³-hybridized carbons (Fsp3) is 0.280. The minimum absolute atomic E-state index is 0.135. The van der Waals surface area contributed by atoms with E-state index in [1.54, 1.807) is 35.5 Å². The van der Waals surface area contributed by atoms with Gasteiger partial charge < -0.3 is 28.4 Å². The molecular weight excluding hydrogens is 697 g/mol. The molecule has 3 aliphatic rings. The van der Waals surface area contributed by atoms with Crippen molar-refractivity contribution < 1.29 is 28.4 Å². The van der Waals surface area contributed by atoms with Gasteiger partial charge in [0.05, 0.1) is 35.5 Å². The molecule has 1 saturated carbocycles. The van der Waals surface area contributed by atoms with Gasteiger partial charge in [0.1, 0.15) is 34.5 Å². The molecule has 6 nitrogen and oxygen atoms in total. The Hall–Kier alpha value is -5.88. The van der Waals surface area contributed by atoms with Crippen LogP contribution in [0, 0.1) is 0 Å². The van der Waals surface area contributed by atoms with E-state index in [9.17, 15) is 0 Å². The van der Waals surface area contributed by atoms with E-state index in [4.69, 9.17) is 28.4 Å². The smallest absolute Gasteiger partial charge is 0.178 e. The third kappa shape index (κ3) is 5.52. The molecule has 0 saturated heterocycles. The summed E-state index contributed by atoms with van der Waals surface area (Å²) in [4.78, 5) is 0. The molecule has 6 aromatic rings. The number of hydrogen-bond donors (Lipinski definition) is 0. The average Bonchev–Trinajstić information content (AvgIpc) is 3.54.